The molecule has 0 aromatic heterocycles. The Morgan fingerprint density at radius 1 is 0.875 bits per heavy atom. The normalized spacial score (nSPS) is 25.8. The molecule has 2 unspecified atom stereocenters. The van der Waals surface area contributed by atoms with Gasteiger partial charge in [-0.05, 0) is 48.8 Å². The van der Waals surface area contributed by atoms with E-state index in [1.54, 1.807) is 12.1 Å². The molecule has 172 valence electrons. The van der Waals surface area contributed by atoms with E-state index >= 15 is 0 Å². The summed E-state index contributed by atoms with van der Waals surface area (Å²) in [5.41, 5.74) is 1.46. The average Bonchev–Trinajstić information content (AvgIpc) is 2.98. The van der Waals surface area contributed by atoms with Crippen molar-refractivity contribution < 1.29 is 14.5 Å². The highest BCUT2D eigenvalue weighted by Crippen LogP contribution is 2.38. The van der Waals surface area contributed by atoms with Crippen LogP contribution >= 0.6 is 0 Å². The SMILES string of the molecule is CC1CC(C)CN(C2=C(c3ccc([N+](=O)[O-])cc3)C(=O)N(C3CCCCCCC3)C2=O)C1. The molecule has 7 heteroatoms. The van der Waals surface area contributed by atoms with Crippen molar-refractivity contribution in [1.29, 1.82) is 0 Å². The molecule has 7 nitrogen and oxygen atoms in total. The van der Waals surface area contributed by atoms with Crippen LogP contribution in [0, 0.1) is 22.0 Å². The first-order valence-electron chi connectivity index (χ1n) is 12.0. The third-order valence-electron chi connectivity index (χ3n) is 7.08. The lowest BCUT2D eigenvalue weighted by Crippen LogP contribution is -2.45. The number of hydrogen-bond acceptors (Lipinski definition) is 5. The third kappa shape index (κ3) is 4.43. The van der Waals surface area contributed by atoms with Crippen LogP contribution in [0.25, 0.3) is 5.57 Å². The number of likely N-dealkylation sites (tertiary alicyclic amines) is 1. The molecule has 2 aliphatic heterocycles. The van der Waals surface area contributed by atoms with Gasteiger partial charge in [0.15, 0.2) is 0 Å². The van der Waals surface area contributed by atoms with Crippen LogP contribution in [0.3, 0.4) is 0 Å². The van der Waals surface area contributed by atoms with Gasteiger partial charge >= 0.3 is 0 Å². The van der Waals surface area contributed by atoms with E-state index in [0.29, 0.717) is 28.7 Å². The minimum absolute atomic E-state index is 0.0234. The third-order valence-corrected chi connectivity index (χ3v) is 7.08. The number of carbonyl (C=O) groups is 2. The van der Waals surface area contributed by atoms with Gasteiger partial charge in [0.1, 0.15) is 5.70 Å². The number of amides is 2. The number of nitrogens with zero attached hydrogens (tertiary/aromatic N) is 3. The van der Waals surface area contributed by atoms with Crippen LogP contribution in [0.2, 0.25) is 0 Å². The highest BCUT2D eigenvalue weighted by molar-refractivity contribution is 6.35. The van der Waals surface area contributed by atoms with Gasteiger partial charge in [-0.2, -0.15) is 0 Å². The molecule has 1 aromatic rings. The van der Waals surface area contributed by atoms with Crippen molar-refractivity contribution in [3.05, 3.63) is 45.6 Å². The van der Waals surface area contributed by atoms with Crippen LogP contribution in [-0.2, 0) is 9.59 Å². The maximum Gasteiger partial charge on any atom is 0.278 e. The zero-order valence-electron chi connectivity index (χ0n) is 19.1. The molecule has 1 saturated heterocycles. The Bertz CT molecular complexity index is 906. The predicted octanol–water partition coefficient (Wildman–Crippen LogP) is 4.77. The fourth-order valence-electron chi connectivity index (χ4n) is 5.71. The van der Waals surface area contributed by atoms with Crippen molar-refractivity contribution in [2.75, 3.05) is 13.1 Å². The van der Waals surface area contributed by atoms with E-state index in [2.05, 4.69) is 18.7 Å². The highest BCUT2D eigenvalue weighted by atomic mass is 16.6. The fraction of sp³-hybridized carbons (Fsp3) is 0.600. The smallest absolute Gasteiger partial charge is 0.278 e. The fourth-order valence-corrected chi connectivity index (χ4v) is 5.71. The monoisotopic (exact) mass is 439 g/mol. The van der Waals surface area contributed by atoms with Crippen LogP contribution in [0.5, 0.6) is 0 Å². The van der Waals surface area contributed by atoms with Crippen molar-refractivity contribution in [3.8, 4) is 0 Å². The Balaban J connectivity index is 1.74. The van der Waals surface area contributed by atoms with Crippen LogP contribution in [0.15, 0.2) is 30.0 Å². The van der Waals surface area contributed by atoms with Crippen LogP contribution < -0.4 is 0 Å². The second kappa shape index (κ2) is 9.43. The van der Waals surface area contributed by atoms with Crippen molar-refractivity contribution in [1.82, 2.24) is 9.80 Å². The van der Waals surface area contributed by atoms with E-state index in [1.807, 2.05) is 0 Å². The number of benzene rings is 1. The molecule has 2 heterocycles. The first-order valence-corrected chi connectivity index (χ1v) is 12.0. The molecule has 0 spiro atoms. The van der Waals surface area contributed by atoms with Crippen LogP contribution in [-0.4, -0.2) is 45.7 Å². The Morgan fingerprint density at radius 3 is 2.00 bits per heavy atom. The van der Waals surface area contributed by atoms with E-state index < -0.39 is 4.92 Å². The summed E-state index contributed by atoms with van der Waals surface area (Å²) in [6, 6.07) is 5.98. The lowest BCUT2D eigenvalue weighted by molar-refractivity contribution is -0.384. The molecule has 2 fully saturated rings. The molecule has 3 aliphatic rings. The number of hydrogen-bond donors (Lipinski definition) is 0. The van der Waals surface area contributed by atoms with Gasteiger partial charge in [-0.3, -0.25) is 24.6 Å². The second-order valence-corrected chi connectivity index (χ2v) is 9.86. The molecule has 4 rings (SSSR count). The van der Waals surface area contributed by atoms with E-state index in [0.717, 1.165) is 58.0 Å². The maximum absolute atomic E-state index is 13.8. The number of piperidine rings is 1. The Hall–Kier alpha value is -2.70. The molecule has 1 aromatic carbocycles. The van der Waals surface area contributed by atoms with Gasteiger partial charge in [0, 0.05) is 31.3 Å². The minimum Gasteiger partial charge on any atom is -0.366 e. The van der Waals surface area contributed by atoms with Crippen LogP contribution in [0.1, 0.15) is 70.8 Å². The summed E-state index contributed by atoms with van der Waals surface area (Å²) in [6.07, 6.45) is 8.37. The van der Waals surface area contributed by atoms with Gasteiger partial charge in [-0.25, -0.2) is 0 Å². The zero-order valence-corrected chi connectivity index (χ0v) is 19.1. The number of carbonyl (C=O) groups excluding carboxylic acids is 2. The summed E-state index contributed by atoms with van der Waals surface area (Å²) in [5.74, 6) is 0.441. The summed E-state index contributed by atoms with van der Waals surface area (Å²) in [6.45, 7) is 5.85. The largest absolute Gasteiger partial charge is 0.366 e. The van der Waals surface area contributed by atoms with Gasteiger partial charge < -0.3 is 4.90 Å². The number of non-ortho nitro benzene ring substituents is 1. The molecule has 0 N–H and O–H groups in total. The first kappa shape index (κ1) is 22.5. The quantitative estimate of drug-likeness (QED) is 0.383. The first-order chi connectivity index (χ1) is 15.4. The van der Waals surface area contributed by atoms with Crippen molar-refractivity contribution in [2.45, 2.75) is 71.3 Å². The molecule has 0 bridgehead atoms. The second-order valence-electron chi connectivity index (χ2n) is 9.86. The molecular formula is C25H33N3O4. The van der Waals surface area contributed by atoms with E-state index in [1.165, 1.54) is 23.5 Å². The molecule has 32 heavy (non-hydrogen) atoms. The average molecular weight is 440 g/mol. The molecule has 1 saturated carbocycles. The van der Waals surface area contributed by atoms with E-state index in [4.69, 9.17) is 0 Å². The van der Waals surface area contributed by atoms with Crippen LogP contribution in [0.4, 0.5) is 5.69 Å². The van der Waals surface area contributed by atoms with Crippen molar-refractivity contribution in [2.24, 2.45) is 11.8 Å². The lowest BCUT2D eigenvalue weighted by Gasteiger charge is -2.37. The molecule has 2 amide bonds. The zero-order chi connectivity index (χ0) is 22.8. The number of nitro groups is 1. The lowest BCUT2D eigenvalue weighted by atomic mass is 9.91. The summed E-state index contributed by atoms with van der Waals surface area (Å²) in [7, 11) is 0. The Kier molecular flexibility index (Phi) is 6.63. The molecular weight excluding hydrogens is 406 g/mol. The van der Waals surface area contributed by atoms with E-state index in [-0.39, 0.29) is 23.5 Å². The van der Waals surface area contributed by atoms with Gasteiger partial charge in [-0.15, -0.1) is 0 Å². The standard InChI is InChI=1S/C25H33N3O4/c1-17-14-18(2)16-26(15-17)23-22(19-10-12-21(13-11-19)28(31)32)24(29)27(25(23)30)20-8-6-4-3-5-7-9-20/h10-13,17-18,20H,3-9,14-16H2,1-2H3. The topological polar surface area (TPSA) is 83.8 Å². The molecule has 1 aliphatic carbocycles. The number of imide groups is 1. The maximum atomic E-state index is 13.8. The minimum atomic E-state index is -0.449. The number of rotatable bonds is 4. The Labute approximate surface area is 189 Å². The predicted molar refractivity (Wildman–Crippen MR) is 122 cm³/mol. The Morgan fingerprint density at radius 2 is 1.44 bits per heavy atom. The summed E-state index contributed by atoms with van der Waals surface area (Å²) < 4.78 is 0. The van der Waals surface area contributed by atoms with E-state index in [9.17, 15) is 19.7 Å². The van der Waals surface area contributed by atoms with Crippen molar-refractivity contribution >= 4 is 23.1 Å². The van der Waals surface area contributed by atoms with Gasteiger partial charge in [0.25, 0.3) is 17.5 Å². The van der Waals surface area contributed by atoms with Gasteiger partial charge in [-0.1, -0.05) is 46.0 Å². The van der Waals surface area contributed by atoms with Gasteiger partial charge in [0.05, 0.1) is 10.5 Å². The summed E-state index contributed by atoms with van der Waals surface area (Å²) in [5, 5.41) is 11.1. The summed E-state index contributed by atoms with van der Waals surface area (Å²) in [4.78, 5) is 41.8. The van der Waals surface area contributed by atoms with Gasteiger partial charge in [0.2, 0.25) is 0 Å². The van der Waals surface area contributed by atoms with Crippen molar-refractivity contribution in [3.63, 3.8) is 0 Å². The number of nitro benzene ring substituents is 1. The molecule has 0 radical (unpaired) electrons. The summed E-state index contributed by atoms with van der Waals surface area (Å²) >= 11 is 0. The highest BCUT2D eigenvalue weighted by Gasteiger charge is 2.45. The molecule has 2 atom stereocenters.